The number of hydrogen-bond donors (Lipinski definition) is 0. The van der Waals surface area contributed by atoms with Crippen molar-refractivity contribution in [3.63, 3.8) is 0 Å². The van der Waals surface area contributed by atoms with Gasteiger partial charge in [0.15, 0.2) is 11.5 Å². The first kappa shape index (κ1) is 18.5. The van der Waals surface area contributed by atoms with Crippen molar-refractivity contribution in [3.05, 3.63) is 53.1 Å². The third kappa shape index (κ3) is 4.11. The Morgan fingerprint density at radius 3 is 2.54 bits per heavy atom. The average Bonchev–Trinajstić information content (AvgIpc) is 2.65. The zero-order valence-electron chi connectivity index (χ0n) is 15.1. The summed E-state index contributed by atoms with van der Waals surface area (Å²) in [6.45, 7) is 4.86. The van der Waals surface area contributed by atoms with Gasteiger partial charge in [0.05, 0.1) is 20.3 Å². The molecule has 0 atom stereocenters. The zero-order chi connectivity index (χ0) is 18.5. The minimum Gasteiger partial charge on any atom is -0.493 e. The summed E-state index contributed by atoms with van der Waals surface area (Å²) >= 11 is 6.42. The molecule has 0 bridgehead atoms. The lowest BCUT2D eigenvalue weighted by atomic mass is 10.1. The Morgan fingerprint density at radius 2 is 1.88 bits per heavy atom. The molecule has 1 fully saturated rings. The van der Waals surface area contributed by atoms with Crippen LogP contribution in [0.5, 0.6) is 11.5 Å². The van der Waals surface area contributed by atoms with E-state index in [1.807, 2.05) is 48.2 Å². The molecule has 0 spiro atoms. The minimum absolute atomic E-state index is 0.0940. The first-order chi connectivity index (χ1) is 12.6. The smallest absolute Gasteiger partial charge is 0.241 e. The predicted molar refractivity (Wildman–Crippen MR) is 103 cm³/mol. The molecule has 5 nitrogen and oxygen atoms in total. The molecule has 0 radical (unpaired) electrons. The van der Waals surface area contributed by atoms with Gasteiger partial charge >= 0.3 is 0 Å². The number of para-hydroxylation sites is 1. The molecule has 1 aliphatic rings. The first-order valence-electron chi connectivity index (χ1n) is 8.69. The maximum Gasteiger partial charge on any atom is 0.241 e. The molecule has 2 aromatic carbocycles. The number of carbonyl (C=O) groups excluding carboxylic acids is 1. The van der Waals surface area contributed by atoms with Gasteiger partial charge in [-0.15, -0.1) is 0 Å². The highest BCUT2D eigenvalue weighted by Gasteiger charge is 2.25. The molecule has 0 aliphatic carbocycles. The van der Waals surface area contributed by atoms with Gasteiger partial charge in [-0.1, -0.05) is 29.8 Å². The summed E-state index contributed by atoms with van der Waals surface area (Å²) in [7, 11) is 1.61. The van der Waals surface area contributed by atoms with Crippen molar-refractivity contribution in [1.29, 1.82) is 0 Å². The maximum absolute atomic E-state index is 12.5. The van der Waals surface area contributed by atoms with Gasteiger partial charge in [-0.3, -0.25) is 9.69 Å². The zero-order valence-corrected chi connectivity index (χ0v) is 15.8. The molecule has 3 rings (SSSR count). The van der Waals surface area contributed by atoms with Gasteiger partial charge in [-0.05, 0) is 30.7 Å². The van der Waals surface area contributed by atoms with Gasteiger partial charge in [-0.25, -0.2) is 0 Å². The number of benzene rings is 2. The summed E-state index contributed by atoms with van der Waals surface area (Å²) in [6.07, 6.45) is 0. The Labute approximate surface area is 159 Å². The first-order valence-corrected chi connectivity index (χ1v) is 9.07. The van der Waals surface area contributed by atoms with Crippen LogP contribution >= 0.6 is 11.6 Å². The van der Waals surface area contributed by atoms with E-state index in [9.17, 15) is 4.79 Å². The fourth-order valence-electron chi connectivity index (χ4n) is 3.10. The summed E-state index contributed by atoms with van der Waals surface area (Å²) in [5.41, 5.74) is 1.87. The van der Waals surface area contributed by atoms with Crippen LogP contribution in [0.3, 0.4) is 0 Å². The van der Waals surface area contributed by atoms with E-state index in [1.165, 1.54) is 0 Å². The van der Waals surface area contributed by atoms with Gasteiger partial charge in [0, 0.05) is 36.4 Å². The van der Waals surface area contributed by atoms with Crippen LogP contribution in [0.1, 0.15) is 12.5 Å². The summed E-state index contributed by atoms with van der Waals surface area (Å²) in [6, 6.07) is 13.4. The number of piperazine rings is 1. The highest BCUT2D eigenvalue weighted by molar-refractivity contribution is 6.31. The standard InChI is InChI=1S/C20H23ClN2O3/c1-3-26-19-12-17(21)15(11-18(19)25-2)13-22-9-10-23(20(24)14-22)16-7-5-4-6-8-16/h4-8,11-12H,3,9-10,13-14H2,1-2H3. The molecule has 1 saturated heterocycles. The number of ether oxygens (including phenoxy) is 2. The number of anilines is 1. The second-order valence-electron chi connectivity index (χ2n) is 6.12. The molecule has 0 aromatic heterocycles. The van der Waals surface area contributed by atoms with Crippen molar-refractivity contribution in [2.75, 3.05) is 38.3 Å². The van der Waals surface area contributed by atoms with Crippen LogP contribution in [-0.2, 0) is 11.3 Å². The van der Waals surface area contributed by atoms with Crippen LogP contribution in [0.4, 0.5) is 5.69 Å². The molecule has 0 saturated carbocycles. The number of hydrogen-bond acceptors (Lipinski definition) is 4. The fraction of sp³-hybridized carbons (Fsp3) is 0.350. The van der Waals surface area contributed by atoms with Gasteiger partial charge in [-0.2, -0.15) is 0 Å². The highest BCUT2D eigenvalue weighted by Crippen LogP contribution is 2.34. The van der Waals surface area contributed by atoms with Crippen LogP contribution in [0.15, 0.2) is 42.5 Å². The Hall–Kier alpha value is -2.24. The Kier molecular flexibility index (Phi) is 6.01. The quantitative estimate of drug-likeness (QED) is 0.774. The van der Waals surface area contributed by atoms with E-state index in [4.69, 9.17) is 21.1 Å². The Morgan fingerprint density at radius 1 is 1.12 bits per heavy atom. The SMILES string of the molecule is CCOc1cc(Cl)c(CN2CCN(c3ccccc3)C(=O)C2)cc1OC. The van der Waals surface area contributed by atoms with E-state index in [0.717, 1.165) is 17.8 Å². The molecule has 1 aliphatic heterocycles. The topological polar surface area (TPSA) is 42.0 Å². The number of nitrogens with zero attached hydrogens (tertiary/aromatic N) is 2. The van der Waals surface area contributed by atoms with Crippen molar-refractivity contribution in [1.82, 2.24) is 4.90 Å². The lowest BCUT2D eigenvalue weighted by Gasteiger charge is -2.34. The van der Waals surface area contributed by atoms with Crippen LogP contribution in [0, 0.1) is 0 Å². The van der Waals surface area contributed by atoms with Crippen molar-refractivity contribution in [2.24, 2.45) is 0 Å². The van der Waals surface area contributed by atoms with E-state index >= 15 is 0 Å². The van der Waals surface area contributed by atoms with E-state index in [1.54, 1.807) is 13.2 Å². The molecule has 2 aromatic rings. The van der Waals surface area contributed by atoms with E-state index < -0.39 is 0 Å². The average molecular weight is 375 g/mol. The number of carbonyl (C=O) groups is 1. The Balaban J connectivity index is 1.70. The molecular formula is C20H23ClN2O3. The molecule has 138 valence electrons. The van der Waals surface area contributed by atoms with Crippen LogP contribution < -0.4 is 14.4 Å². The van der Waals surface area contributed by atoms with Gasteiger partial charge in [0.2, 0.25) is 5.91 Å². The monoisotopic (exact) mass is 374 g/mol. The van der Waals surface area contributed by atoms with Gasteiger partial charge in [0.1, 0.15) is 0 Å². The van der Waals surface area contributed by atoms with Crippen molar-refractivity contribution in [2.45, 2.75) is 13.5 Å². The third-order valence-corrected chi connectivity index (χ3v) is 4.75. The largest absolute Gasteiger partial charge is 0.493 e. The number of methoxy groups -OCH3 is 1. The Bertz CT molecular complexity index is 767. The molecule has 0 N–H and O–H groups in total. The second kappa shape index (κ2) is 8.43. The van der Waals surface area contributed by atoms with Crippen LogP contribution in [0.25, 0.3) is 0 Å². The summed E-state index contributed by atoms with van der Waals surface area (Å²) < 4.78 is 11.0. The number of amides is 1. The molecule has 26 heavy (non-hydrogen) atoms. The van der Waals surface area contributed by atoms with Crippen molar-refractivity contribution >= 4 is 23.2 Å². The minimum atomic E-state index is 0.0940. The summed E-state index contributed by atoms with van der Waals surface area (Å²) in [5.74, 6) is 1.38. The molecule has 0 unspecified atom stereocenters. The lowest BCUT2D eigenvalue weighted by Crippen LogP contribution is -2.50. The second-order valence-corrected chi connectivity index (χ2v) is 6.53. The molecular weight excluding hydrogens is 352 g/mol. The maximum atomic E-state index is 12.5. The normalized spacial score (nSPS) is 15.2. The molecule has 1 amide bonds. The van der Waals surface area contributed by atoms with Crippen LogP contribution in [-0.4, -0.2) is 44.2 Å². The van der Waals surface area contributed by atoms with Gasteiger partial charge in [0.25, 0.3) is 0 Å². The lowest BCUT2D eigenvalue weighted by molar-refractivity contribution is -0.121. The highest BCUT2D eigenvalue weighted by atomic mass is 35.5. The van der Waals surface area contributed by atoms with Gasteiger partial charge < -0.3 is 14.4 Å². The van der Waals surface area contributed by atoms with Crippen molar-refractivity contribution < 1.29 is 14.3 Å². The molecule has 6 heteroatoms. The van der Waals surface area contributed by atoms with E-state index in [0.29, 0.717) is 42.8 Å². The summed E-state index contributed by atoms with van der Waals surface area (Å²) in [5, 5.41) is 0.618. The molecule has 1 heterocycles. The predicted octanol–water partition coefficient (Wildman–Crippen LogP) is 3.60. The third-order valence-electron chi connectivity index (χ3n) is 4.39. The fourth-order valence-corrected chi connectivity index (χ4v) is 3.32. The van der Waals surface area contributed by atoms with E-state index in [2.05, 4.69) is 4.90 Å². The number of rotatable bonds is 6. The van der Waals surface area contributed by atoms with Crippen molar-refractivity contribution in [3.8, 4) is 11.5 Å². The number of halogens is 1. The van der Waals surface area contributed by atoms with Crippen LogP contribution in [0.2, 0.25) is 5.02 Å². The van der Waals surface area contributed by atoms with E-state index in [-0.39, 0.29) is 5.91 Å². The summed E-state index contributed by atoms with van der Waals surface area (Å²) in [4.78, 5) is 16.5.